The van der Waals surface area contributed by atoms with E-state index in [0.717, 1.165) is 32.1 Å². The van der Waals surface area contributed by atoms with Crippen LogP contribution in [0.25, 0.3) is 0 Å². The number of benzene rings is 1. The Balaban J connectivity index is 1.97. The first-order valence-electron chi connectivity index (χ1n) is 8.49. The molecule has 2 amide bonds. The van der Waals surface area contributed by atoms with Gasteiger partial charge in [-0.15, -0.1) is 0 Å². The zero-order valence-electron chi connectivity index (χ0n) is 14.9. The van der Waals surface area contributed by atoms with Gasteiger partial charge in [-0.3, -0.25) is 0 Å². The monoisotopic (exact) mass is 384 g/mol. The van der Waals surface area contributed by atoms with Gasteiger partial charge in [0.15, 0.2) is 0 Å². The van der Waals surface area contributed by atoms with Crippen molar-refractivity contribution in [2.45, 2.75) is 56.1 Å². The Labute approximate surface area is 153 Å². The van der Waals surface area contributed by atoms with Crippen LogP contribution in [0.2, 0.25) is 0 Å². The summed E-state index contributed by atoms with van der Waals surface area (Å²) < 4.78 is 36.0. The third-order valence-electron chi connectivity index (χ3n) is 4.27. The molecule has 1 aromatic carbocycles. The summed E-state index contributed by atoms with van der Waals surface area (Å²) in [6.07, 6.45) is 3.51. The lowest BCUT2D eigenvalue weighted by Crippen LogP contribution is -2.45. The maximum atomic E-state index is 12.3. The summed E-state index contributed by atoms with van der Waals surface area (Å²) in [5.41, 5.74) is 0.598. The molecule has 0 heterocycles. The Kier molecular flexibility index (Phi) is 6.84. The van der Waals surface area contributed by atoms with Crippen LogP contribution >= 0.6 is 0 Å². The van der Waals surface area contributed by atoms with E-state index >= 15 is 0 Å². The summed E-state index contributed by atoms with van der Waals surface area (Å²) in [7, 11) is -2.77. The highest BCUT2D eigenvalue weighted by Gasteiger charge is 2.21. The molecular formula is C17H24N2O6S. The topological polar surface area (TPSA) is 111 Å². The second kappa shape index (κ2) is 8.88. The van der Waals surface area contributed by atoms with Crippen molar-refractivity contribution in [1.82, 2.24) is 10.0 Å². The summed E-state index contributed by atoms with van der Waals surface area (Å²) >= 11 is 0. The van der Waals surface area contributed by atoms with Crippen LogP contribution in [0.1, 0.15) is 50.7 Å². The van der Waals surface area contributed by atoms with Gasteiger partial charge in [0.1, 0.15) is 6.10 Å². The fourth-order valence-corrected chi connectivity index (χ4v) is 3.74. The van der Waals surface area contributed by atoms with Crippen LogP contribution in [0.5, 0.6) is 0 Å². The minimum atomic E-state index is -3.97. The number of nitrogens with one attached hydrogen (secondary N) is 2. The van der Waals surface area contributed by atoms with Crippen molar-refractivity contribution in [2.75, 3.05) is 7.11 Å². The smallest absolute Gasteiger partial charge is 0.438 e. The normalized spacial score (nSPS) is 16.4. The Morgan fingerprint density at radius 1 is 1.12 bits per heavy atom. The van der Waals surface area contributed by atoms with Gasteiger partial charge in [0.05, 0.1) is 12.0 Å². The maximum absolute atomic E-state index is 12.3. The molecule has 1 aliphatic rings. The van der Waals surface area contributed by atoms with E-state index in [4.69, 9.17) is 4.74 Å². The van der Waals surface area contributed by atoms with Crippen molar-refractivity contribution >= 4 is 22.2 Å². The summed E-state index contributed by atoms with van der Waals surface area (Å²) in [6.45, 7) is 1.64. The second-order valence-electron chi connectivity index (χ2n) is 6.20. The van der Waals surface area contributed by atoms with Gasteiger partial charge in [0.2, 0.25) is 0 Å². The highest BCUT2D eigenvalue weighted by molar-refractivity contribution is 7.90. The molecule has 1 unspecified atom stereocenters. The average molecular weight is 384 g/mol. The number of amides is 2. The Bertz CT molecular complexity index is 726. The number of urea groups is 1. The molecule has 1 fully saturated rings. The quantitative estimate of drug-likeness (QED) is 0.755. The molecular weight excluding hydrogens is 360 g/mol. The molecule has 1 saturated carbocycles. The molecule has 2 rings (SSSR count). The SMILES string of the molecule is COC(=O)OC(C)c1ccc(S(=O)(=O)NC(=O)NC2CCCCC2)cc1. The third kappa shape index (κ3) is 5.62. The molecule has 26 heavy (non-hydrogen) atoms. The number of hydrogen-bond donors (Lipinski definition) is 2. The fourth-order valence-electron chi connectivity index (χ4n) is 2.82. The molecule has 144 valence electrons. The van der Waals surface area contributed by atoms with Gasteiger partial charge in [0.25, 0.3) is 10.0 Å². The van der Waals surface area contributed by atoms with Gasteiger partial charge in [0, 0.05) is 6.04 Å². The fraction of sp³-hybridized carbons (Fsp3) is 0.529. The second-order valence-corrected chi connectivity index (χ2v) is 7.88. The highest BCUT2D eigenvalue weighted by atomic mass is 32.2. The van der Waals surface area contributed by atoms with Crippen LogP contribution in [0.15, 0.2) is 29.2 Å². The van der Waals surface area contributed by atoms with Crippen molar-refractivity contribution in [2.24, 2.45) is 0 Å². The van der Waals surface area contributed by atoms with Gasteiger partial charge in [-0.2, -0.15) is 0 Å². The largest absolute Gasteiger partial charge is 0.508 e. The predicted octanol–water partition coefficient (Wildman–Crippen LogP) is 2.85. The molecule has 0 aromatic heterocycles. The molecule has 8 nitrogen and oxygen atoms in total. The standard InChI is InChI=1S/C17H24N2O6S/c1-12(25-17(21)24-2)13-8-10-15(11-9-13)26(22,23)19-16(20)18-14-6-4-3-5-7-14/h8-12,14H,3-7H2,1-2H3,(H2,18,19,20). The number of carbonyl (C=O) groups excluding carboxylic acids is 2. The molecule has 1 aromatic rings. The van der Waals surface area contributed by atoms with Crippen LogP contribution in [-0.4, -0.2) is 33.8 Å². The number of rotatable bonds is 5. The molecule has 1 aliphatic carbocycles. The first-order chi connectivity index (χ1) is 12.3. The molecule has 0 bridgehead atoms. The van der Waals surface area contributed by atoms with E-state index < -0.39 is 28.3 Å². The molecule has 9 heteroatoms. The molecule has 0 spiro atoms. The Morgan fingerprint density at radius 3 is 2.31 bits per heavy atom. The van der Waals surface area contributed by atoms with Crippen LogP contribution in [0.4, 0.5) is 9.59 Å². The zero-order valence-corrected chi connectivity index (χ0v) is 15.7. The van der Waals surface area contributed by atoms with Crippen molar-refractivity contribution in [3.8, 4) is 0 Å². The summed E-state index contributed by atoms with van der Waals surface area (Å²) in [5.74, 6) is 0. The van der Waals surface area contributed by atoms with Crippen LogP contribution in [0, 0.1) is 0 Å². The van der Waals surface area contributed by atoms with Gasteiger partial charge in [-0.05, 0) is 37.5 Å². The number of carbonyl (C=O) groups is 2. The maximum Gasteiger partial charge on any atom is 0.508 e. The number of methoxy groups -OCH3 is 1. The first-order valence-corrected chi connectivity index (χ1v) is 9.98. The van der Waals surface area contributed by atoms with E-state index in [0.29, 0.717) is 5.56 Å². The van der Waals surface area contributed by atoms with Crippen molar-refractivity contribution in [3.05, 3.63) is 29.8 Å². The van der Waals surface area contributed by atoms with E-state index in [9.17, 15) is 18.0 Å². The van der Waals surface area contributed by atoms with Gasteiger partial charge in [-0.1, -0.05) is 31.4 Å². The molecule has 0 radical (unpaired) electrons. The van der Waals surface area contributed by atoms with E-state index in [1.807, 2.05) is 4.72 Å². The Morgan fingerprint density at radius 2 is 1.73 bits per heavy atom. The number of sulfonamides is 1. The van der Waals surface area contributed by atoms with Crippen LogP contribution in [0.3, 0.4) is 0 Å². The van der Waals surface area contributed by atoms with E-state index in [-0.39, 0.29) is 10.9 Å². The summed E-state index contributed by atoms with van der Waals surface area (Å²) in [5, 5.41) is 2.70. The van der Waals surface area contributed by atoms with Crippen LogP contribution in [-0.2, 0) is 19.5 Å². The lowest BCUT2D eigenvalue weighted by molar-refractivity contribution is 0.0429. The van der Waals surface area contributed by atoms with E-state index in [1.165, 1.54) is 31.4 Å². The molecule has 2 N–H and O–H groups in total. The first kappa shape index (κ1) is 20.0. The number of hydrogen-bond acceptors (Lipinski definition) is 6. The van der Waals surface area contributed by atoms with Gasteiger partial charge >= 0.3 is 12.2 Å². The zero-order chi connectivity index (χ0) is 19.2. The van der Waals surface area contributed by atoms with Crippen molar-refractivity contribution in [3.63, 3.8) is 0 Å². The molecule has 0 aliphatic heterocycles. The lowest BCUT2D eigenvalue weighted by atomic mass is 9.96. The van der Waals surface area contributed by atoms with Crippen LogP contribution < -0.4 is 10.0 Å². The molecule has 1 atom stereocenters. The Hall–Kier alpha value is -2.29. The minimum absolute atomic E-state index is 0.0117. The predicted molar refractivity (Wildman–Crippen MR) is 94.1 cm³/mol. The average Bonchev–Trinajstić information content (AvgIpc) is 2.62. The summed E-state index contributed by atoms with van der Waals surface area (Å²) in [6, 6.07) is 5.02. The lowest BCUT2D eigenvalue weighted by Gasteiger charge is -2.22. The third-order valence-corrected chi connectivity index (χ3v) is 5.61. The number of ether oxygens (including phenoxy) is 2. The van der Waals surface area contributed by atoms with E-state index in [2.05, 4.69) is 10.1 Å². The highest BCUT2D eigenvalue weighted by Crippen LogP contribution is 2.20. The van der Waals surface area contributed by atoms with Crippen molar-refractivity contribution in [1.29, 1.82) is 0 Å². The summed E-state index contributed by atoms with van der Waals surface area (Å²) in [4.78, 5) is 23.0. The molecule has 0 saturated heterocycles. The van der Waals surface area contributed by atoms with Crippen molar-refractivity contribution < 1.29 is 27.5 Å². The van der Waals surface area contributed by atoms with Gasteiger partial charge < -0.3 is 14.8 Å². The minimum Gasteiger partial charge on any atom is -0.438 e. The van der Waals surface area contributed by atoms with E-state index in [1.54, 1.807) is 6.92 Å². The van der Waals surface area contributed by atoms with Gasteiger partial charge in [-0.25, -0.2) is 22.7 Å².